The summed E-state index contributed by atoms with van der Waals surface area (Å²) in [5.74, 6) is 0.595. The highest BCUT2D eigenvalue weighted by atomic mass is 16.3. The van der Waals surface area contributed by atoms with Crippen LogP contribution in [0.2, 0.25) is 0 Å². The van der Waals surface area contributed by atoms with Crippen molar-refractivity contribution in [2.75, 3.05) is 27.2 Å². The maximum atomic E-state index is 8.90. The molecule has 0 spiro atoms. The van der Waals surface area contributed by atoms with E-state index in [0.717, 1.165) is 0 Å². The van der Waals surface area contributed by atoms with Gasteiger partial charge in [0.25, 0.3) is 0 Å². The molecule has 0 aromatic heterocycles. The van der Waals surface area contributed by atoms with Crippen molar-refractivity contribution >= 4 is 5.96 Å². The van der Waals surface area contributed by atoms with Crippen LogP contribution in [0.3, 0.4) is 0 Å². The molecule has 0 aliphatic heterocycles. The van der Waals surface area contributed by atoms with Crippen molar-refractivity contribution < 1.29 is 10.2 Å². The molecule has 4 N–H and O–H groups in total. The lowest BCUT2D eigenvalue weighted by Gasteiger charge is -2.10. The molecule has 0 amide bonds. The molecule has 0 bridgehead atoms. The van der Waals surface area contributed by atoms with Crippen LogP contribution < -0.4 is 10.6 Å². The maximum absolute atomic E-state index is 8.90. The number of aliphatic imine (C=N–C) groups is 1. The average Bonchev–Trinajstić information content (AvgIpc) is 2.06. The van der Waals surface area contributed by atoms with Gasteiger partial charge in [-0.3, -0.25) is 4.99 Å². The molecule has 0 aromatic carbocycles. The van der Waals surface area contributed by atoms with Crippen molar-refractivity contribution in [2.45, 2.75) is 6.10 Å². The molecule has 66 valence electrons. The Hall–Kier alpha value is -0.810. The average molecular weight is 161 g/mol. The van der Waals surface area contributed by atoms with Gasteiger partial charge in [-0.05, 0) is 0 Å². The first-order valence-corrected chi connectivity index (χ1v) is 3.42. The molecule has 5 nitrogen and oxygen atoms in total. The van der Waals surface area contributed by atoms with E-state index in [-0.39, 0.29) is 6.61 Å². The second-order valence-corrected chi connectivity index (χ2v) is 2.04. The van der Waals surface area contributed by atoms with E-state index >= 15 is 0 Å². The molecule has 0 fully saturated rings. The monoisotopic (exact) mass is 161 g/mol. The molecule has 11 heavy (non-hydrogen) atoms. The highest BCUT2D eigenvalue weighted by Crippen LogP contribution is 1.75. The predicted octanol–water partition coefficient (Wildman–Crippen LogP) is -1.87. The zero-order valence-electron chi connectivity index (χ0n) is 6.83. The lowest BCUT2D eigenvalue weighted by atomic mass is 10.4. The van der Waals surface area contributed by atoms with E-state index in [1.165, 1.54) is 0 Å². The van der Waals surface area contributed by atoms with Crippen LogP contribution in [0, 0.1) is 0 Å². The van der Waals surface area contributed by atoms with Gasteiger partial charge < -0.3 is 20.8 Å². The van der Waals surface area contributed by atoms with E-state index in [2.05, 4.69) is 15.6 Å². The van der Waals surface area contributed by atoms with Crippen LogP contribution in [0.15, 0.2) is 4.99 Å². The summed E-state index contributed by atoms with van der Waals surface area (Å²) in [6, 6.07) is 0. The molecule has 0 radical (unpaired) electrons. The van der Waals surface area contributed by atoms with Gasteiger partial charge in [-0.2, -0.15) is 0 Å². The van der Waals surface area contributed by atoms with E-state index in [1.807, 2.05) is 0 Å². The van der Waals surface area contributed by atoms with Crippen molar-refractivity contribution in [1.29, 1.82) is 0 Å². The van der Waals surface area contributed by atoms with E-state index in [1.54, 1.807) is 14.1 Å². The number of nitrogens with zero attached hydrogens (tertiary/aromatic N) is 1. The van der Waals surface area contributed by atoms with Crippen molar-refractivity contribution in [2.24, 2.45) is 4.99 Å². The first-order valence-electron chi connectivity index (χ1n) is 3.42. The predicted molar refractivity (Wildman–Crippen MR) is 43.5 cm³/mol. The summed E-state index contributed by atoms with van der Waals surface area (Å²) in [5.41, 5.74) is 0. The highest BCUT2D eigenvalue weighted by Gasteiger charge is 2.01. The molecule has 0 aromatic rings. The van der Waals surface area contributed by atoms with Gasteiger partial charge in [-0.25, -0.2) is 0 Å². The van der Waals surface area contributed by atoms with E-state index in [4.69, 9.17) is 10.2 Å². The smallest absolute Gasteiger partial charge is 0.190 e. The Kier molecular flexibility index (Phi) is 5.50. The van der Waals surface area contributed by atoms with Crippen LogP contribution in [-0.2, 0) is 0 Å². The lowest BCUT2D eigenvalue weighted by Crippen LogP contribution is -2.40. The van der Waals surface area contributed by atoms with Crippen molar-refractivity contribution in [3.63, 3.8) is 0 Å². The largest absolute Gasteiger partial charge is 0.394 e. The van der Waals surface area contributed by atoms with Gasteiger partial charge in [0.2, 0.25) is 0 Å². The Morgan fingerprint density at radius 3 is 2.64 bits per heavy atom. The second-order valence-electron chi connectivity index (χ2n) is 2.04. The number of aliphatic hydroxyl groups is 2. The van der Waals surface area contributed by atoms with E-state index in [0.29, 0.717) is 12.5 Å². The first-order chi connectivity index (χ1) is 5.24. The maximum Gasteiger partial charge on any atom is 0.190 e. The Labute approximate surface area is 66.1 Å². The summed E-state index contributed by atoms with van der Waals surface area (Å²) in [4.78, 5) is 3.81. The van der Waals surface area contributed by atoms with Crippen LogP contribution in [0.4, 0.5) is 0 Å². The fourth-order valence-corrected chi connectivity index (χ4v) is 0.558. The van der Waals surface area contributed by atoms with Crippen LogP contribution in [-0.4, -0.2) is 49.5 Å². The second kappa shape index (κ2) is 5.94. The third kappa shape index (κ3) is 4.58. The standard InChI is InChI=1S/C6H15N3O2/c1-7-6(8-2)9-3-5(11)4-10/h5,10-11H,3-4H2,1-2H3,(H2,7,8,9). The number of guanidine groups is 1. The van der Waals surface area contributed by atoms with Crippen LogP contribution >= 0.6 is 0 Å². The van der Waals surface area contributed by atoms with Crippen molar-refractivity contribution in [1.82, 2.24) is 10.6 Å². The minimum Gasteiger partial charge on any atom is -0.394 e. The topological polar surface area (TPSA) is 76.9 Å². The third-order valence-electron chi connectivity index (χ3n) is 1.18. The van der Waals surface area contributed by atoms with Gasteiger partial charge in [0.1, 0.15) is 0 Å². The van der Waals surface area contributed by atoms with Gasteiger partial charge in [-0.1, -0.05) is 0 Å². The van der Waals surface area contributed by atoms with Crippen molar-refractivity contribution in [3.05, 3.63) is 0 Å². The highest BCUT2D eigenvalue weighted by molar-refractivity contribution is 5.79. The SMILES string of the molecule is CN=C(NC)NCC(O)CO. The summed E-state index contributed by atoms with van der Waals surface area (Å²) in [6.07, 6.45) is -0.736. The molecule has 0 saturated heterocycles. The molecule has 0 heterocycles. The summed E-state index contributed by atoms with van der Waals surface area (Å²) in [5, 5.41) is 22.9. The van der Waals surface area contributed by atoms with Gasteiger partial charge >= 0.3 is 0 Å². The van der Waals surface area contributed by atoms with Crippen LogP contribution in [0.5, 0.6) is 0 Å². The number of nitrogens with one attached hydrogen (secondary N) is 2. The van der Waals surface area contributed by atoms with E-state index < -0.39 is 6.10 Å². The summed E-state index contributed by atoms with van der Waals surface area (Å²) in [6.45, 7) is 0.0533. The Bertz CT molecular complexity index is 127. The molecule has 0 rings (SSSR count). The van der Waals surface area contributed by atoms with Crippen LogP contribution in [0.25, 0.3) is 0 Å². The Morgan fingerprint density at radius 1 is 1.64 bits per heavy atom. The lowest BCUT2D eigenvalue weighted by molar-refractivity contribution is 0.0981. The molecular formula is C6H15N3O2. The first kappa shape index (κ1) is 10.2. The summed E-state index contributed by atoms with van der Waals surface area (Å²) in [7, 11) is 3.35. The summed E-state index contributed by atoms with van der Waals surface area (Å²) >= 11 is 0. The molecule has 0 aliphatic carbocycles. The molecule has 5 heteroatoms. The molecule has 1 atom stereocenters. The van der Waals surface area contributed by atoms with Gasteiger partial charge in [0, 0.05) is 20.6 Å². The molecule has 0 saturated carbocycles. The van der Waals surface area contributed by atoms with Gasteiger partial charge in [-0.15, -0.1) is 0 Å². The number of hydrogen-bond acceptors (Lipinski definition) is 3. The molecule has 1 unspecified atom stereocenters. The molecular weight excluding hydrogens is 146 g/mol. The number of rotatable bonds is 3. The zero-order valence-corrected chi connectivity index (χ0v) is 6.83. The van der Waals surface area contributed by atoms with Gasteiger partial charge in [0.05, 0.1) is 12.7 Å². The van der Waals surface area contributed by atoms with E-state index in [9.17, 15) is 0 Å². The third-order valence-corrected chi connectivity index (χ3v) is 1.18. The van der Waals surface area contributed by atoms with Gasteiger partial charge in [0.15, 0.2) is 5.96 Å². The van der Waals surface area contributed by atoms with Crippen molar-refractivity contribution in [3.8, 4) is 0 Å². The minimum absolute atomic E-state index is 0.242. The Balaban J connectivity index is 3.51. The normalized spacial score (nSPS) is 14.4. The zero-order chi connectivity index (χ0) is 8.69. The minimum atomic E-state index is -0.736. The van der Waals surface area contributed by atoms with Crippen LogP contribution in [0.1, 0.15) is 0 Å². The summed E-state index contributed by atoms with van der Waals surface area (Å²) < 4.78 is 0. The number of aliphatic hydroxyl groups excluding tert-OH is 2. The Morgan fingerprint density at radius 2 is 2.27 bits per heavy atom. The fourth-order valence-electron chi connectivity index (χ4n) is 0.558. The number of hydrogen-bond donors (Lipinski definition) is 4. The quantitative estimate of drug-likeness (QED) is 0.289. The molecule has 0 aliphatic rings. The fraction of sp³-hybridized carbons (Fsp3) is 0.833.